The Hall–Kier alpha value is -1.14. The van der Waals surface area contributed by atoms with E-state index in [0.29, 0.717) is 19.0 Å². The van der Waals surface area contributed by atoms with Gasteiger partial charge < -0.3 is 20.3 Å². The van der Waals surface area contributed by atoms with E-state index in [1.807, 2.05) is 0 Å². The summed E-state index contributed by atoms with van der Waals surface area (Å²) in [4.78, 5) is 20.0. The van der Waals surface area contributed by atoms with Crippen LogP contribution in [0.2, 0.25) is 0 Å². The number of hydrogen-bond acceptors (Lipinski definition) is 4. The fourth-order valence-corrected chi connectivity index (χ4v) is 2.85. The molecule has 2 aliphatic heterocycles. The molecule has 0 aromatic heterocycles. The summed E-state index contributed by atoms with van der Waals surface area (Å²) in [7, 11) is 1.64. The maximum absolute atomic E-state index is 11.9. The normalized spacial score (nSPS) is 23.8. The van der Waals surface area contributed by atoms with Crippen molar-refractivity contribution in [2.75, 3.05) is 39.9 Å². The van der Waals surface area contributed by atoms with E-state index in [2.05, 4.69) is 16.8 Å². The van der Waals surface area contributed by atoms with Crippen molar-refractivity contribution < 1.29 is 9.53 Å². The van der Waals surface area contributed by atoms with E-state index in [4.69, 9.17) is 10.5 Å². The molecule has 6 nitrogen and oxygen atoms in total. The fraction of sp³-hybridized carbons (Fsp3) is 0.833. The highest BCUT2D eigenvalue weighted by molar-refractivity contribution is 6.05. The Morgan fingerprint density at radius 1 is 1.44 bits per heavy atom. The number of hydrogen-bond donors (Lipinski definition) is 1. The molecule has 0 aliphatic carbocycles. The molecule has 0 aromatic carbocycles. The number of nitrogens with zero attached hydrogens (tertiary/aromatic N) is 3. The SMILES string of the molecule is CCN1CCC2(CC1)C(N)=NC(=O)N2CCOC. The topological polar surface area (TPSA) is 71.2 Å². The third-order valence-corrected chi connectivity index (χ3v) is 4.09. The Balaban J connectivity index is 2.12. The standard InChI is InChI=1S/C12H22N4O2/c1-3-15-6-4-12(5-7-15)10(13)14-11(17)16(12)8-9-18-2/h3-9H2,1-2H3,(H2,13,14,17). The Bertz CT molecular complexity index is 348. The van der Waals surface area contributed by atoms with Crippen LogP contribution in [0.4, 0.5) is 4.79 Å². The summed E-state index contributed by atoms with van der Waals surface area (Å²) in [6.45, 7) is 6.20. The minimum absolute atomic E-state index is 0.213. The number of aliphatic imine (C=N–C) groups is 1. The predicted octanol–water partition coefficient (Wildman–Crippen LogP) is 0.280. The van der Waals surface area contributed by atoms with Crippen LogP contribution in [0.15, 0.2) is 4.99 Å². The average molecular weight is 254 g/mol. The van der Waals surface area contributed by atoms with Gasteiger partial charge in [-0.2, -0.15) is 4.99 Å². The first-order chi connectivity index (χ1) is 8.64. The Labute approximate surface area is 108 Å². The van der Waals surface area contributed by atoms with Crippen LogP contribution in [0.25, 0.3) is 0 Å². The third kappa shape index (κ3) is 2.10. The van der Waals surface area contributed by atoms with Gasteiger partial charge in [0.15, 0.2) is 0 Å². The van der Waals surface area contributed by atoms with Crippen LogP contribution in [0, 0.1) is 0 Å². The first-order valence-corrected chi connectivity index (χ1v) is 6.51. The lowest BCUT2D eigenvalue weighted by Gasteiger charge is -2.44. The van der Waals surface area contributed by atoms with E-state index in [-0.39, 0.29) is 11.6 Å². The van der Waals surface area contributed by atoms with Gasteiger partial charge >= 0.3 is 6.03 Å². The van der Waals surface area contributed by atoms with Crippen molar-refractivity contribution in [3.63, 3.8) is 0 Å². The van der Waals surface area contributed by atoms with E-state index < -0.39 is 0 Å². The molecule has 1 spiro atoms. The highest BCUT2D eigenvalue weighted by Crippen LogP contribution is 2.33. The van der Waals surface area contributed by atoms with Crippen molar-refractivity contribution in [1.29, 1.82) is 0 Å². The molecule has 1 saturated heterocycles. The maximum Gasteiger partial charge on any atom is 0.346 e. The summed E-state index contributed by atoms with van der Waals surface area (Å²) >= 11 is 0. The summed E-state index contributed by atoms with van der Waals surface area (Å²) < 4.78 is 5.07. The summed E-state index contributed by atoms with van der Waals surface area (Å²) in [5.74, 6) is 0.486. The zero-order valence-electron chi connectivity index (χ0n) is 11.2. The summed E-state index contributed by atoms with van der Waals surface area (Å²) in [6.07, 6.45) is 1.73. The molecule has 2 aliphatic rings. The quantitative estimate of drug-likeness (QED) is 0.782. The molecule has 2 N–H and O–H groups in total. The number of methoxy groups -OCH3 is 1. The number of likely N-dealkylation sites (tertiary alicyclic amines) is 1. The first-order valence-electron chi connectivity index (χ1n) is 6.51. The van der Waals surface area contributed by atoms with Crippen LogP contribution in [0.1, 0.15) is 19.8 Å². The second-order valence-corrected chi connectivity index (χ2v) is 4.89. The molecule has 0 radical (unpaired) electrons. The minimum atomic E-state index is -0.360. The van der Waals surface area contributed by atoms with Crippen molar-refractivity contribution >= 4 is 11.9 Å². The van der Waals surface area contributed by atoms with Crippen LogP contribution < -0.4 is 5.73 Å². The molecule has 0 bridgehead atoms. The molecular formula is C12H22N4O2. The van der Waals surface area contributed by atoms with Crippen LogP contribution in [-0.2, 0) is 4.74 Å². The van der Waals surface area contributed by atoms with Gasteiger partial charge in [0.25, 0.3) is 0 Å². The first kappa shape index (κ1) is 13.3. The fourth-order valence-electron chi connectivity index (χ4n) is 2.85. The number of ether oxygens (including phenoxy) is 1. The lowest BCUT2D eigenvalue weighted by atomic mass is 9.85. The zero-order chi connectivity index (χ0) is 13.2. The van der Waals surface area contributed by atoms with Crippen molar-refractivity contribution in [3.8, 4) is 0 Å². The largest absolute Gasteiger partial charge is 0.385 e. The minimum Gasteiger partial charge on any atom is -0.385 e. The van der Waals surface area contributed by atoms with Crippen molar-refractivity contribution in [3.05, 3.63) is 0 Å². The van der Waals surface area contributed by atoms with Crippen molar-refractivity contribution in [1.82, 2.24) is 9.80 Å². The molecule has 2 rings (SSSR count). The smallest absolute Gasteiger partial charge is 0.346 e. The lowest BCUT2D eigenvalue weighted by molar-refractivity contribution is 0.0806. The van der Waals surface area contributed by atoms with E-state index in [0.717, 1.165) is 32.5 Å². The monoisotopic (exact) mass is 254 g/mol. The van der Waals surface area contributed by atoms with Gasteiger partial charge in [-0.1, -0.05) is 6.92 Å². The Kier molecular flexibility index (Phi) is 3.87. The van der Waals surface area contributed by atoms with Gasteiger partial charge in [-0.15, -0.1) is 0 Å². The van der Waals surface area contributed by atoms with E-state index >= 15 is 0 Å². The lowest BCUT2D eigenvalue weighted by Crippen LogP contribution is -2.60. The van der Waals surface area contributed by atoms with E-state index in [1.165, 1.54) is 0 Å². The number of piperidine rings is 1. The third-order valence-electron chi connectivity index (χ3n) is 4.09. The average Bonchev–Trinajstić information content (AvgIpc) is 2.60. The molecule has 0 saturated carbocycles. The number of rotatable bonds is 4. The highest BCUT2D eigenvalue weighted by atomic mass is 16.5. The highest BCUT2D eigenvalue weighted by Gasteiger charge is 2.49. The van der Waals surface area contributed by atoms with Gasteiger partial charge in [-0.05, 0) is 19.4 Å². The summed E-state index contributed by atoms with van der Waals surface area (Å²) in [5, 5.41) is 0. The molecule has 102 valence electrons. The Morgan fingerprint density at radius 2 is 2.11 bits per heavy atom. The molecule has 1 fully saturated rings. The molecule has 0 aromatic rings. The number of amidine groups is 1. The van der Waals surface area contributed by atoms with Gasteiger partial charge in [0.1, 0.15) is 11.4 Å². The van der Waals surface area contributed by atoms with Gasteiger partial charge in [0.05, 0.1) is 6.61 Å². The number of amides is 2. The Morgan fingerprint density at radius 3 is 2.67 bits per heavy atom. The van der Waals surface area contributed by atoms with Gasteiger partial charge in [-0.25, -0.2) is 4.79 Å². The van der Waals surface area contributed by atoms with Crippen LogP contribution in [0.5, 0.6) is 0 Å². The second-order valence-electron chi connectivity index (χ2n) is 4.89. The van der Waals surface area contributed by atoms with Crippen molar-refractivity contribution in [2.24, 2.45) is 10.7 Å². The molecule has 0 atom stereocenters. The van der Waals surface area contributed by atoms with Gasteiger partial charge in [0, 0.05) is 26.7 Å². The van der Waals surface area contributed by atoms with E-state index in [9.17, 15) is 4.79 Å². The van der Waals surface area contributed by atoms with Crippen LogP contribution >= 0.6 is 0 Å². The molecule has 2 amide bonds. The number of nitrogens with two attached hydrogens (primary N) is 1. The maximum atomic E-state index is 11.9. The molecule has 0 unspecified atom stereocenters. The van der Waals surface area contributed by atoms with Crippen molar-refractivity contribution in [2.45, 2.75) is 25.3 Å². The van der Waals surface area contributed by atoms with Crippen LogP contribution in [-0.4, -0.2) is 67.1 Å². The molecule has 18 heavy (non-hydrogen) atoms. The molecular weight excluding hydrogens is 232 g/mol. The summed E-state index contributed by atoms with van der Waals surface area (Å²) in [6, 6.07) is -0.213. The number of urea groups is 1. The summed E-state index contributed by atoms with van der Waals surface area (Å²) in [5.41, 5.74) is 5.65. The number of carbonyl (C=O) groups is 1. The molecule has 6 heteroatoms. The predicted molar refractivity (Wildman–Crippen MR) is 69.7 cm³/mol. The van der Waals surface area contributed by atoms with Gasteiger partial charge in [-0.3, -0.25) is 0 Å². The zero-order valence-corrected chi connectivity index (χ0v) is 11.2. The number of carbonyl (C=O) groups excluding carboxylic acids is 1. The van der Waals surface area contributed by atoms with E-state index in [1.54, 1.807) is 12.0 Å². The second kappa shape index (κ2) is 5.24. The van der Waals surface area contributed by atoms with Crippen LogP contribution in [0.3, 0.4) is 0 Å². The van der Waals surface area contributed by atoms with Gasteiger partial charge in [0.2, 0.25) is 0 Å². The molecule has 2 heterocycles.